The number of hydrogen-bond donors (Lipinski definition) is 1. The van der Waals surface area contributed by atoms with Crippen molar-refractivity contribution < 1.29 is 23.8 Å². The van der Waals surface area contributed by atoms with Gasteiger partial charge in [0.1, 0.15) is 11.5 Å². The Hall–Kier alpha value is -5.28. The molecule has 0 fully saturated rings. The highest BCUT2D eigenvalue weighted by Crippen LogP contribution is 2.35. The molecule has 0 aliphatic carbocycles. The number of benzene rings is 3. The van der Waals surface area contributed by atoms with Crippen molar-refractivity contribution in [2.75, 3.05) is 6.61 Å². The fraction of sp³-hybridized carbons (Fsp3) is 0.167. The largest absolute Gasteiger partial charge is 0.478 e. The minimum Gasteiger partial charge on any atom is -0.478 e. The number of carbonyl (C=O) groups excluding carboxylic acids is 1. The highest BCUT2D eigenvalue weighted by molar-refractivity contribution is 7.07. The van der Waals surface area contributed by atoms with E-state index in [1.807, 2.05) is 54.6 Å². The number of thiazole rings is 1. The predicted octanol–water partition coefficient (Wildman–Crippen LogP) is 6.02. The van der Waals surface area contributed by atoms with E-state index < -0.39 is 18.0 Å². The summed E-state index contributed by atoms with van der Waals surface area (Å²) >= 11 is 1.22. The van der Waals surface area contributed by atoms with E-state index in [0.717, 1.165) is 16.7 Å². The van der Waals surface area contributed by atoms with Crippen LogP contribution in [0.3, 0.4) is 0 Å². The van der Waals surface area contributed by atoms with Gasteiger partial charge in [0.25, 0.3) is 5.56 Å². The molecule has 1 atom stereocenters. The average Bonchev–Trinajstić information content (AvgIpc) is 3.64. The normalized spacial score (nSPS) is 14.8. The third kappa shape index (κ3) is 5.82. The van der Waals surface area contributed by atoms with Crippen LogP contribution in [0.15, 0.2) is 111 Å². The van der Waals surface area contributed by atoms with E-state index in [1.54, 1.807) is 41.8 Å². The maximum absolute atomic E-state index is 14.1. The number of carboxylic acids is 1. The fourth-order valence-electron chi connectivity index (χ4n) is 5.31. The van der Waals surface area contributed by atoms with Crippen molar-refractivity contribution in [1.82, 2.24) is 4.57 Å². The molecular formula is C36H30N2O6S. The summed E-state index contributed by atoms with van der Waals surface area (Å²) in [5.41, 5.74) is 3.98. The second kappa shape index (κ2) is 12.4. The fourth-order valence-corrected chi connectivity index (χ4v) is 6.29. The van der Waals surface area contributed by atoms with Gasteiger partial charge in [-0.1, -0.05) is 91.9 Å². The van der Waals surface area contributed by atoms with Crippen molar-refractivity contribution in [3.05, 3.63) is 144 Å². The molecule has 5 aromatic rings. The number of carbonyl (C=O) groups is 2. The molecule has 1 aliphatic rings. The average molecular weight is 619 g/mol. The van der Waals surface area contributed by atoms with Gasteiger partial charge in [-0.3, -0.25) is 9.36 Å². The van der Waals surface area contributed by atoms with Crippen LogP contribution in [0.2, 0.25) is 0 Å². The van der Waals surface area contributed by atoms with Crippen molar-refractivity contribution in [2.45, 2.75) is 32.7 Å². The zero-order valence-electron chi connectivity index (χ0n) is 24.9. The van der Waals surface area contributed by atoms with Crippen LogP contribution in [-0.2, 0) is 9.53 Å². The minimum absolute atomic E-state index is 0.174. The molecule has 226 valence electrons. The molecule has 0 spiro atoms. The van der Waals surface area contributed by atoms with Crippen LogP contribution in [0.1, 0.15) is 65.5 Å². The third-order valence-electron chi connectivity index (χ3n) is 7.61. The van der Waals surface area contributed by atoms with Gasteiger partial charge in [-0.05, 0) is 48.2 Å². The Morgan fingerprint density at radius 2 is 1.69 bits per heavy atom. The number of furan rings is 1. The molecule has 3 aromatic carbocycles. The molecule has 2 aromatic heterocycles. The molecule has 45 heavy (non-hydrogen) atoms. The van der Waals surface area contributed by atoms with Crippen molar-refractivity contribution in [3.63, 3.8) is 0 Å². The standard InChI is InChI=1S/C36H30N2O6S/c1-4-43-35(42)30-31(24-8-6-5-7-9-24)37-36-38(32(30)25-14-10-22(11-15-25)21(2)3)33(39)29(45-36)20-27-18-19-28(44-27)23-12-16-26(17-13-23)34(40)41/h5-21,32H,4H2,1-3H3,(H,40,41)/b29-20+. The van der Waals surface area contributed by atoms with E-state index in [4.69, 9.17) is 14.1 Å². The molecule has 1 N–H and O–H groups in total. The summed E-state index contributed by atoms with van der Waals surface area (Å²) in [5, 5.41) is 9.19. The van der Waals surface area contributed by atoms with Crippen molar-refractivity contribution >= 4 is 35.0 Å². The van der Waals surface area contributed by atoms with Gasteiger partial charge in [0.15, 0.2) is 4.80 Å². The van der Waals surface area contributed by atoms with Crippen LogP contribution in [0.4, 0.5) is 0 Å². The number of hydrogen-bond acceptors (Lipinski definition) is 7. The molecule has 0 radical (unpaired) electrons. The van der Waals surface area contributed by atoms with Gasteiger partial charge in [0.05, 0.1) is 34.0 Å². The number of fused-ring (bicyclic) bond motifs is 1. The monoisotopic (exact) mass is 618 g/mol. The summed E-state index contributed by atoms with van der Waals surface area (Å²) in [4.78, 5) is 44.3. The van der Waals surface area contributed by atoms with Gasteiger partial charge in [-0.15, -0.1) is 0 Å². The molecule has 3 heterocycles. The molecule has 0 saturated carbocycles. The zero-order chi connectivity index (χ0) is 31.7. The molecule has 1 unspecified atom stereocenters. The molecule has 0 bridgehead atoms. The number of nitrogens with zero attached hydrogens (tertiary/aromatic N) is 2. The van der Waals surface area contributed by atoms with Crippen LogP contribution in [-0.4, -0.2) is 28.2 Å². The summed E-state index contributed by atoms with van der Waals surface area (Å²) in [6.45, 7) is 6.15. The van der Waals surface area contributed by atoms with Gasteiger partial charge in [0.2, 0.25) is 0 Å². The summed E-state index contributed by atoms with van der Waals surface area (Å²) in [6.07, 6.45) is 1.66. The summed E-state index contributed by atoms with van der Waals surface area (Å²) in [5.74, 6) is -0.243. The maximum atomic E-state index is 14.1. The van der Waals surface area contributed by atoms with Crippen molar-refractivity contribution in [3.8, 4) is 11.3 Å². The lowest BCUT2D eigenvalue weighted by Crippen LogP contribution is -2.40. The smallest absolute Gasteiger partial charge is 0.338 e. The van der Waals surface area contributed by atoms with Crippen LogP contribution in [0.25, 0.3) is 23.1 Å². The highest BCUT2D eigenvalue weighted by Gasteiger charge is 2.35. The first-order chi connectivity index (χ1) is 21.7. The molecule has 0 saturated heterocycles. The molecule has 8 nitrogen and oxygen atoms in total. The van der Waals surface area contributed by atoms with Crippen LogP contribution in [0, 0.1) is 0 Å². The third-order valence-corrected chi connectivity index (χ3v) is 8.59. The van der Waals surface area contributed by atoms with Crippen molar-refractivity contribution in [1.29, 1.82) is 0 Å². The molecule has 6 rings (SSSR count). The van der Waals surface area contributed by atoms with Gasteiger partial charge < -0.3 is 14.3 Å². The number of aromatic nitrogens is 1. The maximum Gasteiger partial charge on any atom is 0.338 e. The van der Waals surface area contributed by atoms with E-state index in [-0.39, 0.29) is 17.7 Å². The summed E-state index contributed by atoms with van der Waals surface area (Å²) in [6, 6.07) is 26.5. The van der Waals surface area contributed by atoms with E-state index in [2.05, 4.69) is 13.8 Å². The second-order valence-corrected chi connectivity index (χ2v) is 11.8. The van der Waals surface area contributed by atoms with Crippen molar-refractivity contribution in [2.24, 2.45) is 4.99 Å². The van der Waals surface area contributed by atoms with E-state index >= 15 is 0 Å². The molecular weight excluding hydrogens is 588 g/mol. The first-order valence-corrected chi connectivity index (χ1v) is 15.4. The number of aromatic carboxylic acids is 1. The summed E-state index contributed by atoms with van der Waals surface area (Å²) in [7, 11) is 0. The SMILES string of the molecule is CCOC(=O)C1=C(c2ccccc2)N=c2s/c(=C/c3ccc(-c4ccc(C(=O)O)cc4)o3)c(=O)n2C1c1ccc(C(C)C)cc1. The molecule has 1 aliphatic heterocycles. The number of esters is 1. The van der Waals surface area contributed by atoms with E-state index in [0.29, 0.717) is 43.6 Å². The van der Waals surface area contributed by atoms with Gasteiger partial charge in [-0.25, -0.2) is 14.6 Å². The lowest BCUT2D eigenvalue weighted by atomic mass is 9.91. The second-order valence-electron chi connectivity index (χ2n) is 10.8. The van der Waals surface area contributed by atoms with Gasteiger partial charge in [-0.2, -0.15) is 0 Å². The Balaban J connectivity index is 1.52. The minimum atomic E-state index is -1.01. The first kappa shape index (κ1) is 29.8. The lowest BCUT2D eigenvalue weighted by Gasteiger charge is -2.26. The Morgan fingerprint density at radius 1 is 0.978 bits per heavy atom. The van der Waals surface area contributed by atoms with Crippen LogP contribution < -0.4 is 14.9 Å². The summed E-state index contributed by atoms with van der Waals surface area (Å²) < 4.78 is 13.5. The molecule has 0 amide bonds. The quantitative estimate of drug-likeness (QED) is 0.213. The predicted molar refractivity (Wildman–Crippen MR) is 173 cm³/mol. The van der Waals surface area contributed by atoms with E-state index in [1.165, 1.54) is 23.5 Å². The topological polar surface area (TPSA) is 111 Å². The first-order valence-electron chi connectivity index (χ1n) is 14.6. The van der Waals surface area contributed by atoms with Crippen LogP contribution >= 0.6 is 11.3 Å². The Bertz CT molecular complexity index is 2100. The zero-order valence-corrected chi connectivity index (χ0v) is 25.7. The highest BCUT2D eigenvalue weighted by atomic mass is 32.1. The number of rotatable bonds is 8. The lowest BCUT2D eigenvalue weighted by molar-refractivity contribution is -0.138. The van der Waals surface area contributed by atoms with Gasteiger partial charge >= 0.3 is 11.9 Å². The Labute approximate surface area is 262 Å². The van der Waals surface area contributed by atoms with E-state index in [9.17, 15) is 19.5 Å². The molecule has 9 heteroatoms. The Morgan fingerprint density at radius 3 is 2.33 bits per heavy atom. The van der Waals surface area contributed by atoms with Gasteiger partial charge in [0, 0.05) is 17.2 Å². The van der Waals surface area contributed by atoms with Crippen LogP contribution in [0.5, 0.6) is 0 Å². The Kier molecular flexibility index (Phi) is 8.19. The number of carboxylic acid groups (broad SMARTS) is 1. The number of ether oxygens (including phenoxy) is 1.